The first-order valence-corrected chi connectivity index (χ1v) is 6.45. The quantitative estimate of drug-likeness (QED) is 0.857. The van der Waals surface area contributed by atoms with Gasteiger partial charge in [-0.05, 0) is 32.9 Å². The van der Waals surface area contributed by atoms with E-state index in [2.05, 4.69) is 0 Å². The van der Waals surface area contributed by atoms with Crippen molar-refractivity contribution in [2.75, 3.05) is 20.3 Å². The minimum atomic E-state index is -1.02. The van der Waals surface area contributed by atoms with Gasteiger partial charge in [0, 0.05) is 25.4 Å². The molecule has 0 saturated heterocycles. The lowest BCUT2D eigenvalue weighted by atomic mass is 10.1. The molecule has 1 amide bonds. The average Bonchev–Trinajstić information content (AvgIpc) is 2.79. The van der Waals surface area contributed by atoms with Crippen LogP contribution < -0.4 is 0 Å². The van der Waals surface area contributed by atoms with E-state index in [-0.39, 0.29) is 12.5 Å². The molecule has 6 nitrogen and oxygen atoms in total. The number of carbonyl (C=O) groups excluding carboxylic acids is 1. The van der Waals surface area contributed by atoms with E-state index in [0.717, 1.165) is 0 Å². The van der Waals surface area contributed by atoms with Gasteiger partial charge in [0.25, 0.3) is 5.91 Å². The summed E-state index contributed by atoms with van der Waals surface area (Å²) >= 11 is 0. The van der Waals surface area contributed by atoms with Gasteiger partial charge >= 0.3 is 5.97 Å². The van der Waals surface area contributed by atoms with Gasteiger partial charge in [-0.2, -0.15) is 0 Å². The molecule has 0 aromatic carbocycles. The predicted molar refractivity (Wildman–Crippen MR) is 74.7 cm³/mol. The van der Waals surface area contributed by atoms with Gasteiger partial charge in [0.2, 0.25) is 0 Å². The van der Waals surface area contributed by atoms with E-state index in [1.807, 2.05) is 20.8 Å². The fourth-order valence-electron chi connectivity index (χ4n) is 1.88. The van der Waals surface area contributed by atoms with Crippen molar-refractivity contribution in [3.05, 3.63) is 24.0 Å². The van der Waals surface area contributed by atoms with Crippen molar-refractivity contribution in [2.45, 2.75) is 32.9 Å². The largest absolute Gasteiger partial charge is 0.480 e. The van der Waals surface area contributed by atoms with Gasteiger partial charge in [-0.3, -0.25) is 9.59 Å². The molecule has 1 rings (SSSR count). The second-order valence-corrected chi connectivity index (χ2v) is 5.54. The molecule has 0 saturated carbocycles. The number of carboxylic acids is 1. The number of carboxylic acid groups (broad SMARTS) is 1. The molecule has 0 unspecified atom stereocenters. The van der Waals surface area contributed by atoms with Crippen LogP contribution >= 0.6 is 0 Å². The maximum Gasteiger partial charge on any atom is 0.323 e. The summed E-state index contributed by atoms with van der Waals surface area (Å²) in [6.45, 7) is 6.17. The SMILES string of the molecule is COCCn1cccc1C(=O)N(CC(=O)O)C(C)(C)C. The predicted octanol–water partition coefficient (Wildman–Crippen LogP) is 1.46. The Bertz CT molecular complexity index is 474. The molecule has 0 bridgehead atoms. The number of aliphatic carboxylic acids is 1. The van der Waals surface area contributed by atoms with Crippen molar-refractivity contribution in [3.8, 4) is 0 Å². The van der Waals surface area contributed by atoms with Gasteiger partial charge in [-0.25, -0.2) is 0 Å². The number of ether oxygens (including phenoxy) is 1. The lowest BCUT2D eigenvalue weighted by molar-refractivity contribution is -0.138. The molecule has 112 valence electrons. The summed E-state index contributed by atoms with van der Waals surface area (Å²) in [6.07, 6.45) is 1.79. The van der Waals surface area contributed by atoms with Crippen molar-refractivity contribution >= 4 is 11.9 Å². The van der Waals surface area contributed by atoms with Gasteiger partial charge in [-0.1, -0.05) is 0 Å². The summed E-state index contributed by atoms with van der Waals surface area (Å²) in [5.74, 6) is -1.32. The molecule has 1 heterocycles. The lowest BCUT2D eigenvalue weighted by Gasteiger charge is -2.34. The third kappa shape index (κ3) is 4.09. The fourth-order valence-corrected chi connectivity index (χ4v) is 1.88. The minimum Gasteiger partial charge on any atom is -0.480 e. The third-order valence-corrected chi connectivity index (χ3v) is 2.93. The number of methoxy groups -OCH3 is 1. The monoisotopic (exact) mass is 282 g/mol. The molecule has 20 heavy (non-hydrogen) atoms. The Morgan fingerprint density at radius 3 is 2.55 bits per heavy atom. The molecule has 6 heteroatoms. The molecule has 1 N–H and O–H groups in total. The van der Waals surface area contributed by atoms with Crippen LogP contribution in [0.25, 0.3) is 0 Å². The first-order chi connectivity index (χ1) is 9.27. The normalized spacial score (nSPS) is 11.4. The molecule has 1 aromatic rings. The maximum atomic E-state index is 12.6. The second-order valence-electron chi connectivity index (χ2n) is 5.54. The highest BCUT2D eigenvalue weighted by molar-refractivity contribution is 5.95. The number of aromatic nitrogens is 1. The van der Waals surface area contributed by atoms with E-state index in [4.69, 9.17) is 9.84 Å². The lowest BCUT2D eigenvalue weighted by Crippen LogP contribution is -2.48. The number of hydrogen-bond acceptors (Lipinski definition) is 3. The van der Waals surface area contributed by atoms with Gasteiger partial charge in [-0.15, -0.1) is 0 Å². The van der Waals surface area contributed by atoms with E-state index >= 15 is 0 Å². The third-order valence-electron chi connectivity index (χ3n) is 2.93. The number of rotatable bonds is 6. The highest BCUT2D eigenvalue weighted by Gasteiger charge is 2.30. The summed E-state index contributed by atoms with van der Waals surface area (Å²) in [5, 5.41) is 8.98. The fraction of sp³-hybridized carbons (Fsp3) is 0.571. The van der Waals surface area contributed by atoms with Crippen LogP contribution in [0.4, 0.5) is 0 Å². The number of carbonyl (C=O) groups is 2. The van der Waals surface area contributed by atoms with E-state index in [1.165, 1.54) is 4.90 Å². The smallest absolute Gasteiger partial charge is 0.323 e. The highest BCUT2D eigenvalue weighted by Crippen LogP contribution is 2.17. The maximum absolute atomic E-state index is 12.6. The molecular formula is C14H22N2O4. The van der Waals surface area contributed by atoms with Crippen molar-refractivity contribution in [1.29, 1.82) is 0 Å². The summed E-state index contributed by atoms with van der Waals surface area (Å²) in [5.41, 5.74) is -0.0931. The molecule has 0 spiro atoms. The van der Waals surface area contributed by atoms with Crippen LogP contribution in [0.15, 0.2) is 18.3 Å². The number of amides is 1. The van der Waals surface area contributed by atoms with E-state index < -0.39 is 11.5 Å². The van der Waals surface area contributed by atoms with Crippen LogP contribution in [-0.2, 0) is 16.1 Å². The molecule has 0 aliphatic heterocycles. The van der Waals surface area contributed by atoms with Crippen LogP contribution in [0.2, 0.25) is 0 Å². The van der Waals surface area contributed by atoms with Gasteiger partial charge in [0.15, 0.2) is 0 Å². The zero-order valence-electron chi connectivity index (χ0n) is 12.4. The molecular weight excluding hydrogens is 260 g/mol. The molecule has 0 aliphatic rings. The Balaban J connectivity index is 3.00. The van der Waals surface area contributed by atoms with Gasteiger partial charge < -0.3 is 19.3 Å². The Labute approximate surface area is 118 Å². The first kappa shape index (κ1) is 16.2. The van der Waals surface area contributed by atoms with Gasteiger partial charge in [0.1, 0.15) is 12.2 Å². The van der Waals surface area contributed by atoms with Crippen molar-refractivity contribution in [3.63, 3.8) is 0 Å². The average molecular weight is 282 g/mol. The van der Waals surface area contributed by atoms with Crippen LogP contribution in [0, 0.1) is 0 Å². The van der Waals surface area contributed by atoms with E-state index in [0.29, 0.717) is 18.8 Å². The molecule has 0 fully saturated rings. The van der Waals surface area contributed by atoms with Crippen LogP contribution in [0.3, 0.4) is 0 Å². The Morgan fingerprint density at radius 1 is 1.40 bits per heavy atom. The van der Waals surface area contributed by atoms with Crippen molar-refractivity contribution in [1.82, 2.24) is 9.47 Å². The minimum absolute atomic E-state index is 0.291. The Morgan fingerprint density at radius 2 is 2.05 bits per heavy atom. The second kappa shape index (κ2) is 6.56. The number of nitrogens with zero attached hydrogens (tertiary/aromatic N) is 2. The van der Waals surface area contributed by atoms with E-state index in [1.54, 1.807) is 30.0 Å². The van der Waals surface area contributed by atoms with Gasteiger partial charge in [0.05, 0.1) is 6.61 Å². The van der Waals surface area contributed by atoms with Crippen molar-refractivity contribution < 1.29 is 19.4 Å². The Kier molecular flexibility index (Phi) is 5.33. The summed E-state index contributed by atoms with van der Waals surface area (Å²) in [7, 11) is 1.59. The summed E-state index contributed by atoms with van der Waals surface area (Å²) in [4.78, 5) is 24.9. The zero-order chi connectivity index (χ0) is 15.3. The van der Waals surface area contributed by atoms with Crippen LogP contribution in [0.5, 0.6) is 0 Å². The standard InChI is InChI=1S/C14H22N2O4/c1-14(2,3)16(10-12(17)18)13(19)11-6-5-7-15(11)8-9-20-4/h5-7H,8-10H2,1-4H3,(H,17,18). The molecule has 0 atom stereocenters. The summed E-state index contributed by atoms with van der Waals surface area (Å²) < 4.78 is 6.77. The van der Waals surface area contributed by atoms with Crippen molar-refractivity contribution in [2.24, 2.45) is 0 Å². The summed E-state index contributed by atoms with van der Waals surface area (Å²) in [6, 6.07) is 3.46. The van der Waals surface area contributed by atoms with Crippen LogP contribution in [-0.4, -0.2) is 52.3 Å². The first-order valence-electron chi connectivity index (χ1n) is 6.45. The molecule has 0 radical (unpaired) electrons. The highest BCUT2D eigenvalue weighted by atomic mass is 16.5. The number of hydrogen-bond donors (Lipinski definition) is 1. The molecule has 1 aromatic heterocycles. The Hall–Kier alpha value is -1.82. The topological polar surface area (TPSA) is 71.8 Å². The van der Waals surface area contributed by atoms with Crippen LogP contribution in [0.1, 0.15) is 31.3 Å². The van der Waals surface area contributed by atoms with E-state index in [9.17, 15) is 9.59 Å². The zero-order valence-corrected chi connectivity index (χ0v) is 12.4. The molecule has 0 aliphatic carbocycles.